The largest absolute Gasteiger partial charge is 0.494 e. The SMILES string of the molecule is Cn1cc2nc(N3CCOCC3)ncc2c1O. The van der Waals surface area contributed by atoms with Crippen molar-refractivity contribution < 1.29 is 9.84 Å². The van der Waals surface area contributed by atoms with Gasteiger partial charge in [-0.25, -0.2) is 9.97 Å². The lowest BCUT2D eigenvalue weighted by atomic mass is 10.4. The van der Waals surface area contributed by atoms with Crippen molar-refractivity contribution in [1.29, 1.82) is 0 Å². The summed E-state index contributed by atoms with van der Waals surface area (Å²) in [6.45, 7) is 3.04. The van der Waals surface area contributed by atoms with Crippen molar-refractivity contribution in [2.24, 2.45) is 7.05 Å². The first-order chi connectivity index (χ1) is 8.25. The van der Waals surface area contributed by atoms with Gasteiger partial charge in [-0.2, -0.15) is 0 Å². The summed E-state index contributed by atoms with van der Waals surface area (Å²) >= 11 is 0. The van der Waals surface area contributed by atoms with Crippen LogP contribution in [0, 0.1) is 0 Å². The maximum absolute atomic E-state index is 9.75. The minimum atomic E-state index is 0.202. The first kappa shape index (κ1) is 10.3. The lowest BCUT2D eigenvalue weighted by molar-refractivity contribution is 0.122. The monoisotopic (exact) mass is 234 g/mol. The smallest absolute Gasteiger partial charge is 0.226 e. The summed E-state index contributed by atoms with van der Waals surface area (Å²) in [5.74, 6) is 0.903. The number of aromatic hydroxyl groups is 1. The average molecular weight is 234 g/mol. The van der Waals surface area contributed by atoms with Crippen LogP contribution in [0.15, 0.2) is 12.4 Å². The molecule has 0 unspecified atom stereocenters. The fourth-order valence-electron chi connectivity index (χ4n) is 2.01. The highest BCUT2D eigenvalue weighted by molar-refractivity contribution is 5.84. The van der Waals surface area contributed by atoms with Gasteiger partial charge in [0.25, 0.3) is 0 Å². The van der Waals surface area contributed by atoms with E-state index in [4.69, 9.17) is 4.74 Å². The molecule has 6 heteroatoms. The molecule has 3 rings (SSSR count). The summed E-state index contributed by atoms with van der Waals surface area (Å²) in [4.78, 5) is 10.8. The highest BCUT2D eigenvalue weighted by atomic mass is 16.5. The Kier molecular flexibility index (Phi) is 2.36. The molecule has 0 radical (unpaired) electrons. The third kappa shape index (κ3) is 1.70. The first-order valence-electron chi connectivity index (χ1n) is 5.59. The van der Waals surface area contributed by atoms with Gasteiger partial charge in [-0.3, -0.25) is 0 Å². The number of rotatable bonds is 1. The second-order valence-electron chi connectivity index (χ2n) is 4.13. The maximum Gasteiger partial charge on any atom is 0.226 e. The van der Waals surface area contributed by atoms with Crippen LogP contribution in [0.4, 0.5) is 5.95 Å². The van der Waals surface area contributed by atoms with Crippen molar-refractivity contribution in [2.75, 3.05) is 31.2 Å². The summed E-state index contributed by atoms with van der Waals surface area (Å²) in [6, 6.07) is 0. The molecule has 0 aromatic carbocycles. The average Bonchev–Trinajstić information content (AvgIpc) is 2.66. The Hall–Kier alpha value is -1.82. The van der Waals surface area contributed by atoms with E-state index < -0.39 is 0 Å². The van der Waals surface area contributed by atoms with Gasteiger partial charge in [-0.15, -0.1) is 0 Å². The second-order valence-corrected chi connectivity index (χ2v) is 4.13. The van der Waals surface area contributed by atoms with Gasteiger partial charge in [0.1, 0.15) is 0 Å². The van der Waals surface area contributed by atoms with Gasteiger partial charge in [-0.05, 0) is 0 Å². The van der Waals surface area contributed by atoms with Crippen molar-refractivity contribution in [1.82, 2.24) is 14.5 Å². The number of hydrogen-bond donors (Lipinski definition) is 1. The molecule has 0 bridgehead atoms. The maximum atomic E-state index is 9.75. The normalized spacial score (nSPS) is 16.6. The Morgan fingerprint density at radius 2 is 2.12 bits per heavy atom. The zero-order chi connectivity index (χ0) is 11.8. The number of aromatic nitrogens is 3. The number of nitrogens with zero attached hydrogens (tertiary/aromatic N) is 4. The van der Waals surface area contributed by atoms with E-state index in [0.29, 0.717) is 24.5 Å². The minimum Gasteiger partial charge on any atom is -0.494 e. The van der Waals surface area contributed by atoms with Crippen LogP contribution >= 0.6 is 0 Å². The standard InChI is InChI=1S/C11H14N4O2/c1-14-7-9-8(10(14)16)6-12-11(13-9)15-2-4-17-5-3-15/h6-7,16H,2-5H2,1H3. The highest BCUT2D eigenvalue weighted by Crippen LogP contribution is 2.25. The molecule has 90 valence electrons. The molecule has 0 saturated carbocycles. The van der Waals surface area contributed by atoms with Crippen molar-refractivity contribution >= 4 is 16.9 Å². The van der Waals surface area contributed by atoms with Crippen molar-refractivity contribution in [3.8, 4) is 5.88 Å². The van der Waals surface area contributed by atoms with Crippen molar-refractivity contribution in [2.45, 2.75) is 0 Å². The van der Waals surface area contributed by atoms with Gasteiger partial charge in [0, 0.05) is 32.5 Å². The summed E-state index contributed by atoms with van der Waals surface area (Å²) in [6.07, 6.45) is 3.47. The predicted molar refractivity (Wildman–Crippen MR) is 63.2 cm³/mol. The Bertz CT molecular complexity index is 546. The molecular formula is C11H14N4O2. The summed E-state index contributed by atoms with van der Waals surface area (Å²) in [5, 5.41) is 10.4. The molecule has 2 aromatic heterocycles. The number of ether oxygens (including phenoxy) is 1. The van der Waals surface area contributed by atoms with Gasteiger partial charge in [0.05, 0.1) is 24.1 Å². The van der Waals surface area contributed by atoms with E-state index in [1.165, 1.54) is 0 Å². The number of fused-ring (bicyclic) bond motifs is 1. The number of morpholine rings is 1. The number of hydrogen-bond acceptors (Lipinski definition) is 5. The van der Waals surface area contributed by atoms with E-state index in [2.05, 4.69) is 14.9 Å². The van der Waals surface area contributed by atoms with Crippen molar-refractivity contribution in [3.05, 3.63) is 12.4 Å². The first-order valence-corrected chi connectivity index (χ1v) is 5.59. The van der Waals surface area contributed by atoms with E-state index in [-0.39, 0.29) is 5.88 Å². The highest BCUT2D eigenvalue weighted by Gasteiger charge is 2.15. The van der Waals surface area contributed by atoms with Gasteiger partial charge in [-0.1, -0.05) is 0 Å². The summed E-state index contributed by atoms with van der Waals surface area (Å²) in [5.41, 5.74) is 0.765. The summed E-state index contributed by atoms with van der Waals surface area (Å²) in [7, 11) is 1.78. The van der Waals surface area contributed by atoms with Gasteiger partial charge in [0.2, 0.25) is 11.8 Å². The lowest BCUT2D eigenvalue weighted by Crippen LogP contribution is -2.37. The molecule has 1 N–H and O–H groups in total. The minimum absolute atomic E-state index is 0.202. The number of aryl methyl sites for hydroxylation is 1. The van der Waals surface area contributed by atoms with E-state index in [9.17, 15) is 5.11 Å². The van der Waals surface area contributed by atoms with Gasteiger partial charge >= 0.3 is 0 Å². The topological polar surface area (TPSA) is 63.4 Å². The molecule has 1 fully saturated rings. The van der Waals surface area contributed by atoms with Crippen LogP contribution in [0.5, 0.6) is 5.88 Å². The van der Waals surface area contributed by atoms with Gasteiger partial charge < -0.3 is 19.3 Å². The van der Waals surface area contributed by atoms with E-state index >= 15 is 0 Å². The fraction of sp³-hybridized carbons (Fsp3) is 0.455. The molecule has 0 aliphatic carbocycles. The molecule has 1 saturated heterocycles. The van der Waals surface area contributed by atoms with Gasteiger partial charge in [0.15, 0.2) is 0 Å². The van der Waals surface area contributed by atoms with E-state index in [1.807, 2.05) is 0 Å². The lowest BCUT2D eigenvalue weighted by Gasteiger charge is -2.26. The molecule has 2 aromatic rings. The quantitative estimate of drug-likeness (QED) is 0.779. The third-order valence-electron chi connectivity index (χ3n) is 2.99. The third-order valence-corrected chi connectivity index (χ3v) is 2.99. The molecular weight excluding hydrogens is 220 g/mol. The zero-order valence-corrected chi connectivity index (χ0v) is 9.63. The van der Waals surface area contributed by atoms with E-state index in [0.717, 1.165) is 18.6 Å². The molecule has 0 atom stereocenters. The Morgan fingerprint density at radius 1 is 1.35 bits per heavy atom. The van der Waals surface area contributed by atoms with Crippen LogP contribution in [0.25, 0.3) is 10.9 Å². The Labute approximate surface area is 98.5 Å². The molecule has 3 heterocycles. The van der Waals surface area contributed by atoms with Crippen LogP contribution < -0.4 is 4.90 Å². The van der Waals surface area contributed by atoms with E-state index in [1.54, 1.807) is 24.0 Å². The van der Waals surface area contributed by atoms with Crippen LogP contribution in [-0.2, 0) is 11.8 Å². The Morgan fingerprint density at radius 3 is 2.88 bits per heavy atom. The number of anilines is 1. The van der Waals surface area contributed by atoms with Crippen LogP contribution in [0.2, 0.25) is 0 Å². The predicted octanol–water partition coefficient (Wildman–Crippen LogP) is 0.510. The van der Waals surface area contributed by atoms with Crippen molar-refractivity contribution in [3.63, 3.8) is 0 Å². The molecule has 0 amide bonds. The molecule has 6 nitrogen and oxygen atoms in total. The Balaban J connectivity index is 2.01. The van der Waals surface area contributed by atoms with Crippen LogP contribution in [0.1, 0.15) is 0 Å². The summed E-state index contributed by atoms with van der Waals surface area (Å²) < 4.78 is 6.93. The molecule has 1 aliphatic rings. The second kappa shape index (κ2) is 3.89. The fourth-order valence-corrected chi connectivity index (χ4v) is 2.01. The zero-order valence-electron chi connectivity index (χ0n) is 9.63. The van der Waals surface area contributed by atoms with Crippen LogP contribution in [-0.4, -0.2) is 45.9 Å². The molecule has 17 heavy (non-hydrogen) atoms. The molecule has 1 aliphatic heterocycles. The van der Waals surface area contributed by atoms with Crippen LogP contribution in [0.3, 0.4) is 0 Å². The molecule has 0 spiro atoms.